The highest BCUT2D eigenvalue weighted by Crippen LogP contribution is 2.29. The minimum Gasteiger partial charge on any atom is -0.489 e. The molecule has 2 aromatic heterocycles. The number of aromatic nitrogens is 1. The van der Waals surface area contributed by atoms with Crippen LogP contribution in [0, 0.1) is 6.92 Å². The van der Waals surface area contributed by atoms with Gasteiger partial charge in [0.15, 0.2) is 23.3 Å². The zero-order valence-corrected chi connectivity index (χ0v) is 27.5. The van der Waals surface area contributed by atoms with Crippen LogP contribution in [0.5, 0.6) is 5.75 Å². The van der Waals surface area contributed by atoms with E-state index < -0.39 is 5.82 Å². The van der Waals surface area contributed by atoms with Gasteiger partial charge < -0.3 is 23.2 Å². The minimum atomic E-state index is -0.806. The van der Waals surface area contributed by atoms with Gasteiger partial charge in [0.05, 0.1) is 5.69 Å². The molecule has 48 heavy (non-hydrogen) atoms. The van der Waals surface area contributed by atoms with Crippen molar-refractivity contribution in [2.24, 2.45) is 0 Å². The Labute approximate surface area is 283 Å². The molecule has 9 heteroatoms. The van der Waals surface area contributed by atoms with Crippen molar-refractivity contribution >= 4 is 22.4 Å². The average molecular weight is 661 g/mol. The van der Waals surface area contributed by atoms with Crippen LogP contribution in [-0.4, -0.2) is 17.5 Å². The summed E-state index contributed by atoms with van der Waals surface area (Å²) < 4.78 is 20.9. The number of ether oxygens (including phenoxy) is 2. The lowest BCUT2D eigenvalue weighted by molar-refractivity contribution is -0.145. The number of hydrogen-bond donors (Lipinski definition) is 0. The summed E-state index contributed by atoms with van der Waals surface area (Å²) in [7, 11) is 0. The molecule has 0 amide bonds. The summed E-state index contributed by atoms with van der Waals surface area (Å²) in [6, 6.07) is 37.1. The topological polar surface area (TPSA) is 95.0 Å². The van der Waals surface area contributed by atoms with Crippen LogP contribution in [-0.2, 0) is 42.1 Å². The largest absolute Gasteiger partial charge is 0.519 e. The zero-order chi connectivity index (χ0) is 33.1. The lowest BCUT2D eigenvalue weighted by Gasteiger charge is -2.22. The molecule has 0 aliphatic carbocycles. The van der Waals surface area contributed by atoms with Crippen LogP contribution in [0.25, 0.3) is 11.3 Å². The average Bonchev–Trinajstić information content (AvgIpc) is 3.75. The SMILES string of the molecule is Cc1oc(=O)oc1COC(=O)CCc1ccc(OCc2ccc(CN(CCc3ccccc3)c3nc(-c4ccccc4)cs3)cc2)cc1. The molecule has 6 aromatic rings. The molecule has 4 aromatic carbocycles. The smallest absolute Gasteiger partial charge is 0.489 e. The number of carbonyl (C=O) groups excluding carboxylic acids is 1. The van der Waals surface area contributed by atoms with E-state index in [1.165, 1.54) is 11.1 Å². The number of carbonyl (C=O) groups is 1. The molecule has 0 spiro atoms. The molecule has 0 N–H and O–H groups in total. The maximum atomic E-state index is 12.1. The first-order valence-corrected chi connectivity index (χ1v) is 16.7. The number of benzene rings is 4. The van der Waals surface area contributed by atoms with Crippen LogP contribution < -0.4 is 15.5 Å². The van der Waals surface area contributed by atoms with Crippen molar-refractivity contribution in [3.63, 3.8) is 0 Å². The van der Waals surface area contributed by atoms with Gasteiger partial charge in [-0.15, -0.1) is 11.3 Å². The van der Waals surface area contributed by atoms with E-state index in [1.54, 1.807) is 18.3 Å². The third-order valence-corrected chi connectivity index (χ3v) is 8.79. The number of anilines is 1. The Morgan fingerprint density at radius 2 is 1.44 bits per heavy atom. The standard InChI is InChI=1S/C39H36N2O6S/c1-28-36(47-39(43)46-28)26-45-37(42)21-18-30-16-19-34(20-17-30)44-25-32-14-12-31(13-15-32)24-41(23-22-29-8-4-2-5-9-29)38-40-35(27-48-38)33-10-6-3-7-11-33/h2-17,19-20,27H,18,21-26H2,1H3. The van der Waals surface area contributed by atoms with Crippen LogP contribution in [0.2, 0.25) is 0 Å². The normalized spacial score (nSPS) is 10.9. The molecular weight excluding hydrogens is 625 g/mol. The lowest BCUT2D eigenvalue weighted by Crippen LogP contribution is -2.25. The molecule has 6 rings (SSSR count). The fourth-order valence-corrected chi connectivity index (χ4v) is 6.02. The summed E-state index contributed by atoms with van der Waals surface area (Å²) in [6.07, 6.45) is 1.66. The first-order valence-electron chi connectivity index (χ1n) is 15.8. The number of aryl methyl sites for hydroxylation is 2. The summed E-state index contributed by atoms with van der Waals surface area (Å²) >= 11 is 1.68. The summed E-state index contributed by atoms with van der Waals surface area (Å²) in [6.45, 7) is 3.52. The molecule has 0 saturated heterocycles. The Bertz CT molecular complexity index is 1950. The van der Waals surface area contributed by atoms with Crippen LogP contribution in [0.3, 0.4) is 0 Å². The molecule has 8 nitrogen and oxygen atoms in total. The van der Waals surface area contributed by atoms with E-state index >= 15 is 0 Å². The Balaban J connectivity index is 1.00. The number of hydrogen-bond acceptors (Lipinski definition) is 9. The summed E-state index contributed by atoms with van der Waals surface area (Å²) in [5, 5.41) is 3.14. The fourth-order valence-electron chi connectivity index (χ4n) is 5.15. The monoisotopic (exact) mass is 660 g/mol. The van der Waals surface area contributed by atoms with Crippen molar-refractivity contribution in [1.29, 1.82) is 0 Å². The highest BCUT2D eigenvalue weighted by atomic mass is 32.1. The summed E-state index contributed by atoms with van der Waals surface area (Å²) in [5.74, 6) is 0.0921. The zero-order valence-electron chi connectivity index (χ0n) is 26.7. The Morgan fingerprint density at radius 3 is 2.15 bits per heavy atom. The molecular formula is C39H36N2O6S. The van der Waals surface area contributed by atoms with E-state index in [1.807, 2.05) is 48.5 Å². The Hall–Kier alpha value is -5.41. The molecule has 0 aliphatic heterocycles. The van der Waals surface area contributed by atoms with Gasteiger partial charge in [-0.05, 0) is 54.2 Å². The van der Waals surface area contributed by atoms with Crippen molar-refractivity contribution in [3.05, 3.63) is 159 Å². The molecule has 0 fully saturated rings. The number of rotatable bonds is 15. The molecule has 0 aliphatic rings. The second-order valence-electron chi connectivity index (χ2n) is 11.4. The van der Waals surface area contributed by atoms with Gasteiger partial charge in [0.25, 0.3) is 0 Å². The predicted molar refractivity (Wildman–Crippen MR) is 186 cm³/mol. The van der Waals surface area contributed by atoms with Gasteiger partial charge in [-0.25, -0.2) is 9.78 Å². The van der Waals surface area contributed by atoms with Gasteiger partial charge in [-0.1, -0.05) is 97.1 Å². The van der Waals surface area contributed by atoms with Crippen LogP contribution in [0.15, 0.2) is 128 Å². The van der Waals surface area contributed by atoms with E-state index in [2.05, 4.69) is 70.9 Å². The fraction of sp³-hybridized carbons (Fsp3) is 0.205. The maximum absolute atomic E-state index is 12.1. The molecule has 0 radical (unpaired) electrons. The first-order chi connectivity index (χ1) is 23.5. The summed E-state index contributed by atoms with van der Waals surface area (Å²) in [4.78, 5) is 30.6. The molecule has 0 atom stereocenters. The number of nitrogens with zero attached hydrogens (tertiary/aromatic N) is 2. The molecule has 244 valence electrons. The molecule has 0 bridgehead atoms. The van der Waals surface area contributed by atoms with Crippen LogP contribution in [0.4, 0.5) is 5.13 Å². The first kappa shape index (κ1) is 32.5. The van der Waals surface area contributed by atoms with E-state index in [-0.39, 0.29) is 24.8 Å². The van der Waals surface area contributed by atoms with Gasteiger partial charge in [0, 0.05) is 30.5 Å². The van der Waals surface area contributed by atoms with Crippen molar-refractivity contribution in [1.82, 2.24) is 4.98 Å². The van der Waals surface area contributed by atoms with Gasteiger partial charge in [0.1, 0.15) is 12.4 Å². The highest BCUT2D eigenvalue weighted by molar-refractivity contribution is 7.14. The third kappa shape index (κ3) is 9.11. The quantitative estimate of drug-likeness (QED) is 0.102. The van der Waals surface area contributed by atoms with E-state index in [4.69, 9.17) is 23.3 Å². The highest BCUT2D eigenvalue weighted by Gasteiger charge is 2.14. The van der Waals surface area contributed by atoms with Crippen LogP contribution in [0.1, 0.15) is 40.2 Å². The molecule has 2 heterocycles. The predicted octanol–water partition coefficient (Wildman–Crippen LogP) is 8.17. The number of esters is 1. The van der Waals surface area contributed by atoms with Gasteiger partial charge in [-0.2, -0.15) is 0 Å². The van der Waals surface area contributed by atoms with Crippen molar-refractivity contribution in [3.8, 4) is 17.0 Å². The number of thiazole rings is 1. The minimum absolute atomic E-state index is 0.127. The van der Waals surface area contributed by atoms with E-state index in [0.29, 0.717) is 18.8 Å². The van der Waals surface area contributed by atoms with Crippen LogP contribution >= 0.6 is 11.3 Å². The van der Waals surface area contributed by atoms with Crippen molar-refractivity contribution in [2.45, 2.75) is 45.9 Å². The second kappa shape index (κ2) is 15.9. The van der Waals surface area contributed by atoms with Gasteiger partial charge >= 0.3 is 11.8 Å². The lowest BCUT2D eigenvalue weighted by atomic mass is 10.1. The van der Waals surface area contributed by atoms with Crippen molar-refractivity contribution in [2.75, 3.05) is 11.4 Å². The Kier molecular flexibility index (Phi) is 10.8. The summed E-state index contributed by atoms with van der Waals surface area (Å²) in [5.41, 5.74) is 6.69. The van der Waals surface area contributed by atoms with Gasteiger partial charge in [-0.3, -0.25) is 4.79 Å². The van der Waals surface area contributed by atoms with Crippen molar-refractivity contribution < 1.29 is 23.1 Å². The molecule has 0 unspecified atom stereocenters. The van der Waals surface area contributed by atoms with E-state index in [0.717, 1.165) is 52.8 Å². The molecule has 0 saturated carbocycles. The third-order valence-electron chi connectivity index (χ3n) is 7.89. The maximum Gasteiger partial charge on any atom is 0.519 e. The van der Waals surface area contributed by atoms with E-state index in [9.17, 15) is 9.59 Å². The van der Waals surface area contributed by atoms with Gasteiger partial charge in [0.2, 0.25) is 0 Å². The second-order valence-corrected chi connectivity index (χ2v) is 12.2. The Morgan fingerprint density at radius 1 is 0.771 bits per heavy atom.